The molecule has 1 aromatic carbocycles. The summed E-state index contributed by atoms with van der Waals surface area (Å²) in [6.45, 7) is 2.32. The molecule has 1 N–H and O–H groups in total. The molecule has 28 heavy (non-hydrogen) atoms. The van der Waals surface area contributed by atoms with E-state index in [-0.39, 0.29) is 6.04 Å². The van der Waals surface area contributed by atoms with Crippen LogP contribution in [0.3, 0.4) is 0 Å². The van der Waals surface area contributed by atoms with Gasteiger partial charge in [0.05, 0.1) is 11.6 Å². The highest BCUT2D eigenvalue weighted by Gasteiger charge is 2.31. The Morgan fingerprint density at radius 3 is 2.50 bits per heavy atom. The molecular formula is C19H19F3N2O4. The van der Waals surface area contributed by atoms with Crippen LogP contribution >= 0.6 is 0 Å². The Morgan fingerprint density at radius 1 is 1.18 bits per heavy atom. The highest BCUT2D eigenvalue weighted by molar-refractivity contribution is 5.80. The van der Waals surface area contributed by atoms with Crippen LogP contribution in [0.15, 0.2) is 47.4 Å². The molecule has 0 aliphatic heterocycles. The first-order chi connectivity index (χ1) is 13.1. The number of nitrogens with zero attached hydrogens (tertiary/aromatic N) is 1. The van der Waals surface area contributed by atoms with Crippen LogP contribution in [-0.4, -0.2) is 23.1 Å². The van der Waals surface area contributed by atoms with Crippen molar-refractivity contribution in [3.63, 3.8) is 0 Å². The predicted octanol–water partition coefficient (Wildman–Crippen LogP) is 2.60. The van der Waals surface area contributed by atoms with Crippen LogP contribution < -0.4 is 10.9 Å². The van der Waals surface area contributed by atoms with Gasteiger partial charge >= 0.3 is 12.1 Å². The number of alkyl halides is 3. The standard InChI is InChI=1S/C19H19F3N2O4/c1-12-5-3-4-6-15(12)13(2)23-16(25)11-28-18(27)10-24-9-14(19(20,21)22)7-8-17(24)26/h3-9,13H,10-11H2,1-2H3,(H,23,25)/t13-/m1/s1. The van der Waals surface area contributed by atoms with Crippen molar-refractivity contribution in [1.82, 2.24) is 9.88 Å². The average molecular weight is 396 g/mol. The Labute approximate surface area is 158 Å². The summed E-state index contributed by atoms with van der Waals surface area (Å²) >= 11 is 0. The zero-order valence-corrected chi connectivity index (χ0v) is 15.2. The Bertz CT molecular complexity index is 922. The molecule has 150 valence electrons. The molecule has 0 aliphatic carbocycles. The third-order valence-electron chi connectivity index (χ3n) is 4.01. The SMILES string of the molecule is Cc1ccccc1[C@@H](C)NC(=O)COC(=O)Cn1cc(C(F)(F)F)ccc1=O. The van der Waals surface area contributed by atoms with Gasteiger partial charge < -0.3 is 14.6 Å². The van der Waals surface area contributed by atoms with Crippen LogP contribution in [0.2, 0.25) is 0 Å². The number of hydrogen-bond donors (Lipinski definition) is 1. The van der Waals surface area contributed by atoms with E-state index in [1.54, 1.807) is 6.92 Å². The number of aryl methyl sites for hydroxylation is 1. The number of carbonyl (C=O) groups is 2. The van der Waals surface area contributed by atoms with Gasteiger partial charge in [-0.2, -0.15) is 13.2 Å². The van der Waals surface area contributed by atoms with Crippen molar-refractivity contribution in [1.29, 1.82) is 0 Å². The molecule has 0 aliphatic rings. The fourth-order valence-corrected chi connectivity index (χ4v) is 2.59. The maximum Gasteiger partial charge on any atom is 0.417 e. The van der Waals surface area contributed by atoms with E-state index in [0.717, 1.165) is 11.1 Å². The summed E-state index contributed by atoms with van der Waals surface area (Å²) in [5.74, 6) is -1.57. The normalized spacial score (nSPS) is 12.3. The lowest BCUT2D eigenvalue weighted by Gasteiger charge is -2.16. The number of aromatic nitrogens is 1. The van der Waals surface area contributed by atoms with E-state index in [9.17, 15) is 27.6 Å². The molecule has 0 saturated heterocycles. The van der Waals surface area contributed by atoms with Gasteiger partial charge in [0.15, 0.2) is 6.61 Å². The molecule has 1 aromatic heterocycles. The molecule has 1 atom stereocenters. The molecule has 2 aromatic rings. The molecule has 0 saturated carbocycles. The molecule has 1 amide bonds. The van der Waals surface area contributed by atoms with E-state index in [1.807, 2.05) is 31.2 Å². The maximum atomic E-state index is 12.7. The second-order valence-electron chi connectivity index (χ2n) is 6.19. The topological polar surface area (TPSA) is 77.4 Å². The average Bonchev–Trinajstić information content (AvgIpc) is 2.61. The summed E-state index contributed by atoms with van der Waals surface area (Å²) in [4.78, 5) is 35.4. The van der Waals surface area contributed by atoms with Crippen LogP contribution in [0.5, 0.6) is 0 Å². The lowest BCUT2D eigenvalue weighted by molar-refractivity contribution is -0.149. The smallest absolute Gasteiger partial charge is 0.417 e. The van der Waals surface area contributed by atoms with Gasteiger partial charge in [-0.1, -0.05) is 24.3 Å². The van der Waals surface area contributed by atoms with Crippen LogP contribution in [-0.2, 0) is 27.0 Å². The lowest BCUT2D eigenvalue weighted by atomic mass is 10.0. The Morgan fingerprint density at radius 2 is 1.86 bits per heavy atom. The maximum absolute atomic E-state index is 12.7. The molecule has 0 radical (unpaired) electrons. The number of nitrogens with one attached hydrogen (secondary N) is 1. The first-order valence-corrected chi connectivity index (χ1v) is 8.36. The van der Waals surface area contributed by atoms with Crippen molar-refractivity contribution < 1.29 is 27.5 Å². The number of benzene rings is 1. The predicted molar refractivity (Wildman–Crippen MR) is 94.4 cm³/mol. The van der Waals surface area contributed by atoms with E-state index in [2.05, 4.69) is 5.32 Å². The second-order valence-corrected chi connectivity index (χ2v) is 6.19. The molecule has 9 heteroatoms. The minimum atomic E-state index is -4.65. The van der Waals surface area contributed by atoms with Gasteiger partial charge in [-0.25, -0.2) is 0 Å². The van der Waals surface area contributed by atoms with Crippen molar-refractivity contribution >= 4 is 11.9 Å². The van der Waals surface area contributed by atoms with Gasteiger partial charge in [0, 0.05) is 12.3 Å². The molecule has 2 rings (SSSR count). The van der Waals surface area contributed by atoms with Crippen molar-refractivity contribution in [3.8, 4) is 0 Å². The minimum Gasteiger partial charge on any atom is -0.454 e. The molecule has 0 spiro atoms. The first kappa shape index (κ1) is 21.2. The van der Waals surface area contributed by atoms with E-state index >= 15 is 0 Å². The van der Waals surface area contributed by atoms with E-state index in [0.29, 0.717) is 22.9 Å². The minimum absolute atomic E-state index is 0.321. The molecule has 6 nitrogen and oxygen atoms in total. The van der Waals surface area contributed by atoms with E-state index in [1.165, 1.54) is 0 Å². The van der Waals surface area contributed by atoms with Gasteiger partial charge in [-0.05, 0) is 31.0 Å². The first-order valence-electron chi connectivity index (χ1n) is 8.36. The van der Waals surface area contributed by atoms with Crippen LogP contribution in [0, 0.1) is 6.92 Å². The molecule has 0 fully saturated rings. The fourth-order valence-electron chi connectivity index (χ4n) is 2.59. The fraction of sp³-hybridized carbons (Fsp3) is 0.316. The van der Waals surface area contributed by atoms with Gasteiger partial charge in [-0.3, -0.25) is 14.4 Å². The number of pyridine rings is 1. The number of carbonyl (C=O) groups excluding carboxylic acids is 2. The van der Waals surface area contributed by atoms with Gasteiger partial charge in [-0.15, -0.1) is 0 Å². The molecular weight excluding hydrogens is 377 g/mol. The number of esters is 1. The third-order valence-corrected chi connectivity index (χ3v) is 4.01. The van der Waals surface area contributed by atoms with Crippen LogP contribution in [0.1, 0.15) is 29.7 Å². The van der Waals surface area contributed by atoms with Gasteiger partial charge in [0.2, 0.25) is 0 Å². The second kappa shape index (κ2) is 8.73. The molecule has 1 heterocycles. The van der Waals surface area contributed by atoms with Crippen molar-refractivity contribution in [3.05, 3.63) is 69.6 Å². The molecule has 0 unspecified atom stereocenters. The summed E-state index contributed by atoms with van der Waals surface area (Å²) in [6.07, 6.45) is -4.12. The van der Waals surface area contributed by atoms with E-state index < -0.39 is 42.3 Å². The van der Waals surface area contributed by atoms with Crippen molar-refractivity contribution in [2.24, 2.45) is 0 Å². The number of ether oxygens (including phenoxy) is 1. The zero-order chi connectivity index (χ0) is 20.9. The Hall–Kier alpha value is -3.10. The summed E-state index contributed by atoms with van der Waals surface area (Å²) in [5.41, 5.74) is 0.0289. The highest BCUT2D eigenvalue weighted by atomic mass is 19.4. The van der Waals surface area contributed by atoms with Crippen LogP contribution in [0.25, 0.3) is 0 Å². The highest BCUT2D eigenvalue weighted by Crippen LogP contribution is 2.28. The van der Waals surface area contributed by atoms with Gasteiger partial charge in [0.1, 0.15) is 6.54 Å². The molecule has 0 bridgehead atoms. The Balaban J connectivity index is 1.91. The van der Waals surface area contributed by atoms with Crippen molar-refractivity contribution in [2.45, 2.75) is 32.6 Å². The number of halogens is 3. The zero-order valence-electron chi connectivity index (χ0n) is 15.2. The number of rotatable bonds is 6. The summed E-state index contributed by atoms with van der Waals surface area (Å²) in [6, 6.07) is 8.47. The van der Waals surface area contributed by atoms with Crippen LogP contribution in [0.4, 0.5) is 13.2 Å². The van der Waals surface area contributed by atoms with Crippen molar-refractivity contribution in [2.75, 3.05) is 6.61 Å². The number of amides is 1. The lowest BCUT2D eigenvalue weighted by Crippen LogP contribution is -2.33. The summed E-state index contributed by atoms with van der Waals surface area (Å²) in [5, 5.41) is 2.66. The summed E-state index contributed by atoms with van der Waals surface area (Å²) in [7, 11) is 0. The third kappa shape index (κ3) is 5.70. The largest absolute Gasteiger partial charge is 0.454 e. The monoisotopic (exact) mass is 396 g/mol. The van der Waals surface area contributed by atoms with E-state index in [4.69, 9.17) is 4.74 Å². The number of hydrogen-bond acceptors (Lipinski definition) is 4. The Kier molecular flexibility index (Phi) is 6.61. The van der Waals surface area contributed by atoms with Gasteiger partial charge in [0.25, 0.3) is 11.5 Å². The summed E-state index contributed by atoms with van der Waals surface area (Å²) < 4.78 is 43.4. The quantitative estimate of drug-likeness (QED) is 0.762.